The Hall–Kier alpha value is 0.999. The van der Waals surface area contributed by atoms with Gasteiger partial charge in [0.15, 0.2) is 0 Å². The Bertz CT molecular complexity index is 19.5. The van der Waals surface area contributed by atoms with Crippen LogP contribution in [0.1, 0.15) is 19.8 Å². The maximum absolute atomic E-state index is 3.41. The van der Waals surface area contributed by atoms with Gasteiger partial charge in [-0.25, -0.2) is 0 Å². The van der Waals surface area contributed by atoms with Crippen molar-refractivity contribution < 1.29 is 0 Å². The Balaban J connectivity index is 2.34. The van der Waals surface area contributed by atoms with E-state index in [1.54, 1.807) is 0 Å². The summed E-state index contributed by atoms with van der Waals surface area (Å²) < 4.78 is 0. The van der Waals surface area contributed by atoms with Crippen molar-refractivity contribution in [3.8, 4) is 0 Å². The molecule has 0 nitrogen and oxygen atoms in total. The summed E-state index contributed by atoms with van der Waals surface area (Å²) in [5, 5.41) is 1.39. The van der Waals surface area contributed by atoms with Crippen molar-refractivity contribution in [2.24, 2.45) is 0 Å². The second kappa shape index (κ2) is 6.00. The molecular weight excluding hydrogens is 207 g/mol. The molecule has 0 aromatic heterocycles. The molecule has 6 heavy (non-hydrogen) atoms. The Morgan fingerprint density at radius 1 is 1.67 bits per heavy atom. The molecule has 0 radical (unpaired) electrons. The van der Waals surface area contributed by atoms with Crippen LogP contribution in [0, 0.1) is 0 Å². The van der Waals surface area contributed by atoms with Gasteiger partial charge in [0.25, 0.3) is 0 Å². The summed E-state index contributed by atoms with van der Waals surface area (Å²) in [6.07, 6.45) is 2.73. The summed E-state index contributed by atoms with van der Waals surface area (Å²) in [5.41, 5.74) is 0. The van der Waals surface area contributed by atoms with Crippen LogP contribution < -0.4 is 0 Å². The second-order valence-corrected chi connectivity index (χ2v) is 4.86. The first-order chi connectivity index (χ1) is 2.91. The average molecular weight is 216 g/mol. The Morgan fingerprint density at radius 3 is 2.50 bits per heavy atom. The predicted octanol–water partition coefficient (Wildman–Crippen LogP) is 2.22. The number of hydrogen-bond donors (Lipinski definition) is 0. The van der Waals surface area contributed by atoms with Crippen molar-refractivity contribution in [3.05, 3.63) is 0 Å². The van der Waals surface area contributed by atoms with E-state index in [0.29, 0.717) is 0 Å². The first-order valence-corrected chi connectivity index (χ1v) is 7.37. The van der Waals surface area contributed by atoms with Crippen LogP contribution in [-0.4, -0.2) is 13.1 Å². The molecule has 0 spiro atoms. The zero-order chi connectivity index (χ0) is 4.83. The maximum atomic E-state index is 3.41. The Morgan fingerprint density at radius 2 is 2.33 bits per heavy atom. The van der Waals surface area contributed by atoms with Crippen LogP contribution in [0.4, 0.5) is 0 Å². The van der Waals surface area contributed by atoms with E-state index in [9.17, 15) is 0 Å². The molecule has 0 N–H and O–H groups in total. The summed E-state index contributed by atoms with van der Waals surface area (Å²) in [4.78, 5) is 0. The van der Waals surface area contributed by atoms with E-state index in [2.05, 4.69) is 21.0 Å². The van der Waals surface area contributed by atoms with Crippen molar-refractivity contribution in [2.75, 3.05) is 0 Å². The molecule has 0 aliphatic rings. The number of hydrogen-bond acceptors (Lipinski definition) is 0. The van der Waals surface area contributed by atoms with Crippen LogP contribution >= 0.6 is 14.1 Å². The molecular formula is C4H9BrSe. The van der Waals surface area contributed by atoms with Crippen molar-refractivity contribution in [2.45, 2.75) is 25.1 Å². The molecule has 0 atom stereocenters. The van der Waals surface area contributed by atoms with Crippen LogP contribution in [0.3, 0.4) is 0 Å². The third kappa shape index (κ3) is 5.00. The number of unbranched alkanes of at least 4 members (excludes halogenated alkanes) is 1. The molecule has 0 saturated carbocycles. The fourth-order valence-corrected chi connectivity index (χ4v) is 2.22. The standard InChI is InChI=1S/C4H9BrSe/c1-2-3-4-6-5/h2-4H2,1H3. The fourth-order valence-electron chi connectivity index (χ4n) is 0.199. The molecule has 0 rings (SSSR count). The summed E-state index contributed by atoms with van der Waals surface area (Å²) in [6.45, 7) is 2.22. The van der Waals surface area contributed by atoms with Gasteiger partial charge < -0.3 is 0 Å². The van der Waals surface area contributed by atoms with E-state index in [1.165, 1.54) is 18.2 Å². The zero-order valence-electron chi connectivity index (χ0n) is 3.91. The Kier molecular flexibility index (Phi) is 7.00. The number of rotatable bonds is 3. The van der Waals surface area contributed by atoms with E-state index in [1.807, 2.05) is 0 Å². The van der Waals surface area contributed by atoms with Crippen LogP contribution in [0.15, 0.2) is 0 Å². The summed E-state index contributed by atoms with van der Waals surface area (Å²) >= 11 is 4.15. The van der Waals surface area contributed by atoms with Gasteiger partial charge in [0.2, 0.25) is 0 Å². The molecule has 0 amide bonds. The van der Waals surface area contributed by atoms with Gasteiger partial charge >= 0.3 is 52.3 Å². The molecule has 0 unspecified atom stereocenters. The molecule has 0 heterocycles. The molecule has 38 valence electrons. The number of halogens is 1. The Labute approximate surface area is 52.5 Å². The first-order valence-electron chi connectivity index (χ1n) is 2.15. The van der Waals surface area contributed by atoms with E-state index in [0.717, 1.165) is 13.1 Å². The minimum atomic E-state index is 0.739. The van der Waals surface area contributed by atoms with Gasteiger partial charge in [-0.2, -0.15) is 0 Å². The molecule has 2 heteroatoms. The van der Waals surface area contributed by atoms with E-state index in [-0.39, 0.29) is 0 Å². The van der Waals surface area contributed by atoms with Gasteiger partial charge in [0, 0.05) is 0 Å². The van der Waals surface area contributed by atoms with Gasteiger partial charge in [-0.1, -0.05) is 0 Å². The first kappa shape index (κ1) is 7.00. The fraction of sp³-hybridized carbons (Fsp3) is 1.00. The molecule has 0 aromatic carbocycles. The van der Waals surface area contributed by atoms with Gasteiger partial charge in [-0.05, 0) is 0 Å². The van der Waals surface area contributed by atoms with Crippen LogP contribution in [0.5, 0.6) is 0 Å². The summed E-state index contributed by atoms with van der Waals surface area (Å²) in [6, 6.07) is 0. The third-order valence-corrected chi connectivity index (χ3v) is 3.19. The predicted molar refractivity (Wildman–Crippen MR) is 34.4 cm³/mol. The monoisotopic (exact) mass is 216 g/mol. The molecule has 0 aromatic rings. The van der Waals surface area contributed by atoms with Gasteiger partial charge in [0.05, 0.1) is 0 Å². The van der Waals surface area contributed by atoms with Crippen molar-refractivity contribution in [1.82, 2.24) is 0 Å². The molecule has 0 bridgehead atoms. The van der Waals surface area contributed by atoms with Crippen molar-refractivity contribution in [1.29, 1.82) is 0 Å². The molecule has 0 aliphatic heterocycles. The summed E-state index contributed by atoms with van der Waals surface area (Å²) in [5.74, 6) is 0. The van der Waals surface area contributed by atoms with E-state index >= 15 is 0 Å². The van der Waals surface area contributed by atoms with E-state index < -0.39 is 0 Å². The molecule has 0 fully saturated rings. The van der Waals surface area contributed by atoms with Crippen molar-refractivity contribution >= 4 is 27.3 Å². The normalized spacial score (nSPS) is 9.00. The van der Waals surface area contributed by atoms with Crippen LogP contribution in [0.2, 0.25) is 5.32 Å². The average Bonchev–Trinajstić information content (AvgIpc) is 1.61. The molecule has 0 saturated heterocycles. The third-order valence-electron chi connectivity index (χ3n) is 0.575. The van der Waals surface area contributed by atoms with Crippen LogP contribution in [-0.2, 0) is 0 Å². The second-order valence-electron chi connectivity index (χ2n) is 1.17. The topological polar surface area (TPSA) is 0 Å². The van der Waals surface area contributed by atoms with Gasteiger partial charge in [-0.15, -0.1) is 0 Å². The molecule has 0 aliphatic carbocycles. The SMILES string of the molecule is CCCC[Se]Br. The quantitative estimate of drug-likeness (QED) is 0.501. The summed E-state index contributed by atoms with van der Waals surface area (Å²) in [7, 11) is 0. The van der Waals surface area contributed by atoms with Crippen molar-refractivity contribution in [3.63, 3.8) is 0 Å². The minimum absolute atomic E-state index is 0.739. The van der Waals surface area contributed by atoms with Crippen LogP contribution in [0.25, 0.3) is 0 Å². The van der Waals surface area contributed by atoms with Gasteiger partial charge in [0.1, 0.15) is 0 Å². The zero-order valence-corrected chi connectivity index (χ0v) is 7.21. The van der Waals surface area contributed by atoms with E-state index in [4.69, 9.17) is 0 Å². The van der Waals surface area contributed by atoms with Gasteiger partial charge in [-0.3, -0.25) is 0 Å².